The number of amides is 1. The maximum absolute atomic E-state index is 12.9. The third-order valence-electron chi connectivity index (χ3n) is 2.83. The van der Waals surface area contributed by atoms with Crippen LogP contribution in [0.25, 0.3) is 0 Å². The van der Waals surface area contributed by atoms with E-state index in [0.717, 1.165) is 4.68 Å². The standard InChI is InChI=1S/C9H10F2N4O3/c1-14-3-2-4(8(14)16)15-6(7(10)11)5(9(17)18)12-13-15/h4,7H,2-3H2,1H3,(H,17,18). The molecule has 98 valence electrons. The number of hydrogen-bond donors (Lipinski definition) is 1. The number of likely N-dealkylation sites (tertiary alicyclic amines) is 1. The molecule has 1 unspecified atom stereocenters. The van der Waals surface area contributed by atoms with Crippen LogP contribution in [0.1, 0.15) is 35.1 Å². The highest BCUT2D eigenvalue weighted by atomic mass is 19.3. The van der Waals surface area contributed by atoms with Crippen LogP contribution in [0.3, 0.4) is 0 Å². The first-order chi connectivity index (χ1) is 8.43. The fourth-order valence-corrected chi connectivity index (χ4v) is 1.92. The van der Waals surface area contributed by atoms with Gasteiger partial charge in [0.1, 0.15) is 11.7 Å². The van der Waals surface area contributed by atoms with Crippen molar-refractivity contribution in [3.05, 3.63) is 11.4 Å². The minimum atomic E-state index is -3.05. The van der Waals surface area contributed by atoms with Gasteiger partial charge in [-0.05, 0) is 6.42 Å². The molecule has 1 amide bonds. The van der Waals surface area contributed by atoms with E-state index in [0.29, 0.717) is 13.0 Å². The van der Waals surface area contributed by atoms with Gasteiger partial charge in [-0.2, -0.15) is 0 Å². The van der Waals surface area contributed by atoms with Crippen molar-refractivity contribution in [2.75, 3.05) is 13.6 Å². The second kappa shape index (κ2) is 4.31. The molecule has 2 heterocycles. The number of rotatable bonds is 3. The highest BCUT2D eigenvalue weighted by Gasteiger charge is 2.37. The van der Waals surface area contributed by atoms with E-state index in [4.69, 9.17) is 5.11 Å². The largest absolute Gasteiger partial charge is 0.476 e. The van der Waals surface area contributed by atoms with Gasteiger partial charge in [0.05, 0.1) is 0 Å². The van der Waals surface area contributed by atoms with Crippen LogP contribution >= 0.6 is 0 Å². The maximum atomic E-state index is 12.9. The molecule has 1 aromatic heterocycles. The van der Waals surface area contributed by atoms with Crippen LogP contribution in [0.15, 0.2) is 0 Å². The van der Waals surface area contributed by atoms with Crippen LogP contribution in [-0.2, 0) is 4.79 Å². The van der Waals surface area contributed by atoms with Crippen molar-refractivity contribution in [1.29, 1.82) is 0 Å². The van der Waals surface area contributed by atoms with E-state index < -0.39 is 29.8 Å². The fourth-order valence-electron chi connectivity index (χ4n) is 1.92. The van der Waals surface area contributed by atoms with Crippen LogP contribution in [0, 0.1) is 0 Å². The van der Waals surface area contributed by atoms with Crippen molar-refractivity contribution in [3.8, 4) is 0 Å². The van der Waals surface area contributed by atoms with Crippen molar-refractivity contribution in [2.24, 2.45) is 0 Å². The van der Waals surface area contributed by atoms with Gasteiger partial charge >= 0.3 is 5.97 Å². The van der Waals surface area contributed by atoms with Gasteiger partial charge in [-0.25, -0.2) is 18.3 Å². The Balaban J connectivity index is 2.46. The molecule has 0 radical (unpaired) electrons. The highest BCUT2D eigenvalue weighted by Crippen LogP contribution is 2.29. The van der Waals surface area contributed by atoms with Crippen molar-refractivity contribution in [1.82, 2.24) is 19.9 Å². The average Bonchev–Trinajstić information content (AvgIpc) is 2.84. The summed E-state index contributed by atoms with van der Waals surface area (Å²) in [5.74, 6) is -1.96. The third-order valence-corrected chi connectivity index (χ3v) is 2.83. The number of carboxylic acid groups (broad SMARTS) is 1. The number of halogens is 2. The van der Waals surface area contributed by atoms with Crippen LogP contribution in [0.4, 0.5) is 8.78 Å². The van der Waals surface area contributed by atoms with Crippen molar-refractivity contribution in [2.45, 2.75) is 18.9 Å². The summed E-state index contributed by atoms with van der Waals surface area (Å²) in [7, 11) is 1.54. The third kappa shape index (κ3) is 1.81. The Morgan fingerprint density at radius 2 is 2.22 bits per heavy atom. The molecule has 0 saturated carbocycles. The molecule has 1 aromatic rings. The molecule has 1 atom stereocenters. The number of aromatic nitrogens is 3. The average molecular weight is 260 g/mol. The van der Waals surface area contributed by atoms with Gasteiger partial charge in [0.25, 0.3) is 6.43 Å². The Hall–Kier alpha value is -2.06. The molecule has 18 heavy (non-hydrogen) atoms. The fraction of sp³-hybridized carbons (Fsp3) is 0.556. The number of alkyl halides is 2. The SMILES string of the molecule is CN1CCC(n2nnc(C(=O)O)c2C(F)F)C1=O. The van der Waals surface area contributed by atoms with Crippen molar-refractivity contribution >= 4 is 11.9 Å². The lowest BCUT2D eigenvalue weighted by Gasteiger charge is -2.12. The molecule has 9 heteroatoms. The molecule has 1 fully saturated rings. The molecular weight excluding hydrogens is 250 g/mol. The van der Waals surface area contributed by atoms with Gasteiger partial charge in [-0.1, -0.05) is 5.21 Å². The van der Waals surface area contributed by atoms with Crippen LogP contribution in [0.2, 0.25) is 0 Å². The minimum Gasteiger partial charge on any atom is -0.476 e. The summed E-state index contributed by atoms with van der Waals surface area (Å²) in [5, 5.41) is 15.3. The van der Waals surface area contributed by atoms with Gasteiger partial charge < -0.3 is 10.0 Å². The number of likely N-dealkylation sites (N-methyl/N-ethyl adjacent to an activating group) is 1. The van der Waals surface area contributed by atoms with E-state index in [-0.39, 0.29) is 5.91 Å². The number of hydrogen-bond acceptors (Lipinski definition) is 4. The zero-order chi connectivity index (χ0) is 13.4. The molecule has 0 spiro atoms. The Morgan fingerprint density at radius 1 is 1.56 bits per heavy atom. The second-order valence-corrected chi connectivity index (χ2v) is 3.94. The number of carboxylic acids is 1. The summed E-state index contributed by atoms with van der Waals surface area (Å²) in [6.45, 7) is 0.411. The van der Waals surface area contributed by atoms with E-state index >= 15 is 0 Å². The molecular formula is C9H10F2N4O3. The van der Waals surface area contributed by atoms with E-state index in [1.807, 2.05) is 0 Å². The quantitative estimate of drug-likeness (QED) is 0.845. The zero-order valence-corrected chi connectivity index (χ0v) is 9.38. The topological polar surface area (TPSA) is 88.3 Å². The van der Waals surface area contributed by atoms with E-state index in [9.17, 15) is 18.4 Å². The molecule has 1 N–H and O–H groups in total. The first kappa shape index (κ1) is 12.4. The first-order valence-electron chi connectivity index (χ1n) is 5.15. The number of nitrogens with zero attached hydrogens (tertiary/aromatic N) is 4. The minimum absolute atomic E-state index is 0.303. The van der Waals surface area contributed by atoms with Crippen LogP contribution in [-0.4, -0.2) is 50.5 Å². The summed E-state index contributed by atoms with van der Waals surface area (Å²) in [5.41, 5.74) is -1.64. The second-order valence-electron chi connectivity index (χ2n) is 3.94. The summed E-state index contributed by atoms with van der Waals surface area (Å²) in [6, 6.07) is -0.903. The number of aromatic carboxylic acids is 1. The molecule has 0 aliphatic carbocycles. The number of carbonyl (C=O) groups excluding carboxylic acids is 1. The van der Waals surface area contributed by atoms with Gasteiger partial charge in [-0.15, -0.1) is 5.10 Å². The lowest BCUT2D eigenvalue weighted by Crippen LogP contribution is -2.26. The van der Waals surface area contributed by atoms with Crippen LogP contribution < -0.4 is 0 Å². The lowest BCUT2D eigenvalue weighted by molar-refractivity contribution is -0.129. The Morgan fingerprint density at radius 3 is 2.67 bits per heavy atom. The molecule has 7 nitrogen and oxygen atoms in total. The predicted octanol–water partition coefficient (Wildman–Crippen LogP) is 0.317. The smallest absolute Gasteiger partial charge is 0.358 e. The molecule has 2 rings (SSSR count). The summed E-state index contributed by atoms with van der Waals surface area (Å²) < 4.78 is 26.5. The molecule has 1 saturated heterocycles. The summed E-state index contributed by atoms with van der Waals surface area (Å²) in [4.78, 5) is 23.8. The zero-order valence-electron chi connectivity index (χ0n) is 9.38. The van der Waals surface area contributed by atoms with Gasteiger partial charge in [0.2, 0.25) is 5.91 Å². The first-order valence-corrected chi connectivity index (χ1v) is 5.15. The van der Waals surface area contributed by atoms with Gasteiger partial charge in [-0.3, -0.25) is 4.79 Å². The Labute approximate surface area is 100.0 Å². The van der Waals surface area contributed by atoms with E-state index in [1.54, 1.807) is 7.05 Å². The van der Waals surface area contributed by atoms with Crippen LogP contribution in [0.5, 0.6) is 0 Å². The highest BCUT2D eigenvalue weighted by molar-refractivity contribution is 5.87. The normalized spacial score (nSPS) is 19.9. The predicted molar refractivity (Wildman–Crippen MR) is 53.2 cm³/mol. The van der Waals surface area contributed by atoms with Crippen molar-refractivity contribution < 1.29 is 23.5 Å². The Kier molecular flexibility index (Phi) is 2.97. The lowest BCUT2D eigenvalue weighted by atomic mass is 10.2. The monoisotopic (exact) mass is 260 g/mol. The maximum Gasteiger partial charge on any atom is 0.358 e. The van der Waals surface area contributed by atoms with E-state index in [1.165, 1.54) is 4.90 Å². The van der Waals surface area contributed by atoms with E-state index in [2.05, 4.69) is 10.3 Å². The molecule has 1 aliphatic heterocycles. The van der Waals surface area contributed by atoms with Gasteiger partial charge in [0, 0.05) is 13.6 Å². The number of carbonyl (C=O) groups is 2. The summed E-state index contributed by atoms with van der Waals surface area (Å²) >= 11 is 0. The molecule has 1 aliphatic rings. The Bertz CT molecular complexity index is 502. The molecule has 0 aromatic carbocycles. The van der Waals surface area contributed by atoms with Crippen molar-refractivity contribution in [3.63, 3.8) is 0 Å². The molecule has 0 bridgehead atoms. The van der Waals surface area contributed by atoms with Gasteiger partial charge in [0.15, 0.2) is 5.69 Å². The summed E-state index contributed by atoms with van der Waals surface area (Å²) in [6.07, 6.45) is -2.75.